The van der Waals surface area contributed by atoms with Crippen molar-refractivity contribution >= 4 is 11.9 Å². The lowest BCUT2D eigenvalue weighted by atomic mass is 9.91. The number of methoxy groups -OCH3 is 2. The maximum absolute atomic E-state index is 13.4. The Hall–Kier alpha value is -2.88. The van der Waals surface area contributed by atoms with E-state index in [0.717, 1.165) is 0 Å². The predicted molar refractivity (Wildman–Crippen MR) is 95.6 cm³/mol. The van der Waals surface area contributed by atoms with Crippen molar-refractivity contribution in [3.05, 3.63) is 29.5 Å². The molecule has 3 atom stereocenters. The van der Waals surface area contributed by atoms with E-state index < -0.39 is 24.0 Å². The molecule has 1 fully saturated rings. The Bertz CT molecular complexity index is 845. The number of likely N-dealkylation sites (tertiary alicyclic amines) is 1. The molecule has 0 aromatic carbocycles. The fourth-order valence-corrected chi connectivity index (χ4v) is 3.46. The van der Waals surface area contributed by atoms with E-state index in [1.807, 2.05) is 13.8 Å². The summed E-state index contributed by atoms with van der Waals surface area (Å²) in [5, 5.41) is 14.0. The van der Waals surface area contributed by atoms with Crippen LogP contribution in [0.4, 0.5) is 0 Å². The Morgan fingerprint density at radius 3 is 2.75 bits per heavy atom. The van der Waals surface area contributed by atoms with E-state index in [9.17, 15) is 14.7 Å². The topological polar surface area (TPSA) is 131 Å². The van der Waals surface area contributed by atoms with Gasteiger partial charge in [-0.3, -0.25) is 4.79 Å². The number of nitrogens with zero attached hydrogens (tertiary/aromatic N) is 3. The van der Waals surface area contributed by atoms with E-state index in [1.165, 1.54) is 20.4 Å². The molecule has 0 bridgehead atoms. The third-order valence-corrected chi connectivity index (χ3v) is 4.83. The van der Waals surface area contributed by atoms with Gasteiger partial charge in [0.1, 0.15) is 11.7 Å². The van der Waals surface area contributed by atoms with E-state index in [0.29, 0.717) is 23.9 Å². The summed E-state index contributed by atoms with van der Waals surface area (Å²) in [5.74, 6) is -0.362. The van der Waals surface area contributed by atoms with Gasteiger partial charge in [-0.25, -0.2) is 9.78 Å². The number of ether oxygens (including phenoxy) is 2. The summed E-state index contributed by atoms with van der Waals surface area (Å²) in [6, 6.07) is 1.10. The van der Waals surface area contributed by atoms with Gasteiger partial charge in [-0.05, 0) is 11.1 Å². The number of nitrogens with one attached hydrogen (secondary N) is 1. The fraction of sp³-hybridized carbons (Fsp3) is 0.556. The first-order chi connectivity index (χ1) is 13.3. The van der Waals surface area contributed by atoms with Crippen LogP contribution < -0.4 is 4.74 Å². The van der Waals surface area contributed by atoms with Crippen LogP contribution in [0.5, 0.6) is 5.88 Å². The first-order valence-corrected chi connectivity index (χ1v) is 8.98. The van der Waals surface area contributed by atoms with E-state index in [-0.39, 0.29) is 24.1 Å². The highest BCUT2D eigenvalue weighted by atomic mass is 16.5. The molecule has 28 heavy (non-hydrogen) atoms. The van der Waals surface area contributed by atoms with Crippen LogP contribution in [0.2, 0.25) is 0 Å². The Morgan fingerprint density at radius 2 is 2.14 bits per heavy atom. The van der Waals surface area contributed by atoms with Crippen LogP contribution in [0.25, 0.3) is 0 Å². The van der Waals surface area contributed by atoms with Gasteiger partial charge in [0.05, 0.1) is 26.4 Å². The smallest absolute Gasteiger partial charge is 0.358 e. The molecule has 1 unspecified atom stereocenters. The van der Waals surface area contributed by atoms with Gasteiger partial charge in [0.15, 0.2) is 11.5 Å². The Balaban J connectivity index is 1.88. The maximum atomic E-state index is 13.4. The number of aromatic nitrogens is 3. The molecule has 1 aliphatic rings. The summed E-state index contributed by atoms with van der Waals surface area (Å²) < 4.78 is 15.0. The molecular weight excluding hydrogens is 368 g/mol. The summed E-state index contributed by atoms with van der Waals surface area (Å²) in [4.78, 5) is 33.7. The molecule has 2 aromatic heterocycles. The molecule has 0 aliphatic carbocycles. The zero-order valence-corrected chi connectivity index (χ0v) is 16.2. The minimum atomic E-state index is -0.697. The summed E-state index contributed by atoms with van der Waals surface area (Å²) in [6.45, 7) is 3.97. The summed E-state index contributed by atoms with van der Waals surface area (Å²) in [7, 11) is 2.74. The van der Waals surface area contributed by atoms with Crippen molar-refractivity contribution in [2.24, 2.45) is 5.92 Å². The number of rotatable bonds is 6. The zero-order chi connectivity index (χ0) is 20.4. The molecule has 2 aromatic rings. The number of aliphatic hydroxyl groups excluding tert-OH is 1. The largest absolute Gasteiger partial charge is 0.479 e. The normalized spacial score (nSPS) is 20.4. The van der Waals surface area contributed by atoms with Crippen molar-refractivity contribution < 1.29 is 28.7 Å². The lowest BCUT2D eigenvalue weighted by molar-refractivity contribution is -0.135. The second-order valence-corrected chi connectivity index (χ2v) is 7.05. The van der Waals surface area contributed by atoms with Crippen LogP contribution >= 0.6 is 0 Å². The average Bonchev–Trinajstić information content (AvgIpc) is 3.39. The van der Waals surface area contributed by atoms with Crippen molar-refractivity contribution in [1.82, 2.24) is 20.0 Å². The van der Waals surface area contributed by atoms with E-state index in [4.69, 9.17) is 9.26 Å². The molecule has 1 amide bonds. The summed E-state index contributed by atoms with van der Waals surface area (Å²) in [5.41, 5.74) is 0.117. The molecule has 0 radical (unpaired) electrons. The van der Waals surface area contributed by atoms with Gasteiger partial charge >= 0.3 is 5.97 Å². The third kappa shape index (κ3) is 3.72. The molecule has 1 saturated heterocycles. The molecule has 10 heteroatoms. The quantitative estimate of drug-likeness (QED) is 0.703. The molecule has 1 aliphatic heterocycles. The Kier molecular flexibility index (Phi) is 5.68. The highest BCUT2D eigenvalue weighted by Gasteiger charge is 2.42. The van der Waals surface area contributed by atoms with E-state index in [2.05, 4.69) is 19.9 Å². The minimum absolute atomic E-state index is 0.0780. The van der Waals surface area contributed by atoms with Crippen LogP contribution in [0.1, 0.15) is 54.3 Å². The molecule has 3 rings (SSSR count). The van der Waals surface area contributed by atoms with Crippen molar-refractivity contribution in [2.45, 2.75) is 38.3 Å². The number of imidazole rings is 1. The van der Waals surface area contributed by atoms with Crippen LogP contribution in [0.15, 0.2) is 16.8 Å². The number of esters is 1. The van der Waals surface area contributed by atoms with Crippen LogP contribution in [0, 0.1) is 5.92 Å². The molecular formula is C18H24N4O6. The summed E-state index contributed by atoms with van der Waals surface area (Å²) in [6.07, 6.45) is 1.04. The minimum Gasteiger partial charge on any atom is -0.479 e. The van der Waals surface area contributed by atoms with Crippen LogP contribution in [-0.4, -0.2) is 63.9 Å². The van der Waals surface area contributed by atoms with Crippen molar-refractivity contribution in [3.8, 4) is 5.88 Å². The SMILES string of the molecule is COC(=O)c1c[nH]c([C@@H]2C[C@@H](O)CN2C(=O)C(c2cc(OC)no2)C(C)C)n1. The first-order valence-electron chi connectivity index (χ1n) is 8.98. The van der Waals surface area contributed by atoms with Crippen molar-refractivity contribution in [3.63, 3.8) is 0 Å². The Labute approximate surface area is 161 Å². The molecule has 0 spiro atoms. The van der Waals surface area contributed by atoms with Gasteiger partial charge in [-0.2, -0.15) is 0 Å². The number of hydrogen-bond acceptors (Lipinski definition) is 8. The Morgan fingerprint density at radius 1 is 1.39 bits per heavy atom. The van der Waals surface area contributed by atoms with Gasteiger partial charge in [-0.1, -0.05) is 13.8 Å². The number of carbonyl (C=O) groups excluding carboxylic acids is 2. The third-order valence-electron chi connectivity index (χ3n) is 4.83. The van der Waals surface area contributed by atoms with Crippen molar-refractivity contribution in [2.75, 3.05) is 20.8 Å². The standard InChI is InChI=1S/C18H24N4O6/c1-9(2)15(13-6-14(26-3)21-28-13)17(24)22-8-10(23)5-12(22)16-19-7-11(20-16)18(25)27-4/h6-7,9-10,12,15,23H,5,8H2,1-4H3,(H,19,20)/t10-,12+,15?/m1/s1. The number of aromatic amines is 1. The lowest BCUT2D eigenvalue weighted by Gasteiger charge is -2.28. The second kappa shape index (κ2) is 8.01. The monoisotopic (exact) mass is 392 g/mol. The number of aliphatic hydroxyl groups is 1. The molecule has 152 valence electrons. The molecule has 3 heterocycles. The molecule has 0 saturated carbocycles. The molecule has 2 N–H and O–H groups in total. The second-order valence-electron chi connectivity index (χ2n) is 7.05. The highest BCUT2D eigenvalue weighted by Crippen LogP contribution is 2.36. The number of H-pyrrole nitrogens is 1. The zero-order valence-electron chi connectivity index (χ0n) is 16.2. The number of hydrogen-bond donors (Lipinski definition) is 2. The predicted octanol–water partition coefficient (Wildman–Crippen LogP) is 1.27. The fourth-order valence-electron chi connectivity index (χ4n) is 3.46. The highest BCUT2D eigenvalue weighted by molar-refractivity contribution is 5.87. The van der Waals surface area contributed by atoms with Gasteiger partial charge in [-0.15, -0.1) is 0 Å². The van der Waals surface area contributed by atoms with Crippen molar-refractivity contribution in [1.29, 1.82) is 0 Å². The van der Waals surface area contributed by atoms with Gasteiger partial charge in [0.2, 0.25) is 5.91 Å². The van der Waals surface area contributed by atoms with Crippen LogP contribution in [0.3, 0.4) is 0 Å². The number of carbonyl (C=O) groups is 2. The summed E-state index contributed by atoms with van der Waals surface area (Å²) >= 11 is 0. The van der Waals surface area contributed by atoms with Gasteiger partial charge < -0.3 is 29.0 Å². The number of β-amino-alcohol motifs (C(OH)–C–C–N with tert-alkyl or cyclic N) is 1. The first kappa shape index (κ1) is 19.9. The van der Waals surface area contributed by atoms with Gasteiger partial charge in [0.25, 0.3) is 5.88 Å². The average molecular weight is 392 g/mol. The number of amides is 1. The van der Waals surface area contributed by atoms with Gasteiger partial charge in [0, 0.05) is 25.2 Å². The lowest BCUT2D eigenvalue weighted by Crippen LogP contribution is -2.37. The van der Waals surface area contributed by atoms with Crippen LogP contribution in [-0.2, 0) is 9.53 Å². The maximum Gasteiger partial charge on any atom is 0.358 e. The van der Waals surface area contributed by atoms with E-state index in [1.54, 1.807) is 11.0 Å². The van der Waals surface area contributed by atoms with E-state index >= 15 is 0 Å². The molecule has 10 nitrogen and oxygen atoms in total.